The average Bonchev–Trinajstić information content (AvgIpc) is 3.21. The van der Waals surface area contributed by atoms with E-state index in [-0.39, 0.29) is 11.8 Å². The minimum atomic E-state index is 0.142. The first-order chi connectivity index (χ1) is 9.78. The molecule has 0 atom stereocenters. The number of imidazole rings is 1. The number of carbonyl (C=O) groups excluding carboxylic acids is 1. The molecule has 2 heterocycles. The molecule has 0 unspecified atom stereocenters. The maximum atomic E-state index is 11.5. The molecule has 0 aromatic carbocycles. The number of hydrazine groups is 1. The molecule has 0 radical (unpaired) electrons. The van der Waals surface area contributed by atoms with E-state index in [0.29, 0.717) is 24.7 Å². The van der Waals surface area contributed by atoms with Crippen molar-refractivity contribution >= 4 is 23.2 Å². The molecule has 8 nitrogen and oxygen atoms in total. The average molecular weight is 275 g/mol. The van der Waals surface area contributed by atoms with Gasteiger partial charge in [0.1, 0.15) is 0 Å². The van der Waals surface area contributed by atoms with Crippen molar-refractivity contribution in [3.05, 3.63) is 18.6 Å². The van der Waals surface area contributed by atoms with Gasteiger partial charge in [-0.25, -0.2) is 15.8 Å². The van der Waals surface area contributed by atoms with Crippen molar-refractivity contribution in [2.24, 2.45) is 11.8 Å². The summed E-state index contributed by atoms with van der Waals surface area (Å²) in [6.45, 7) is 1.15. The Labute approximate surface area is 115 Å². The van der Waals surface area contributed by atoms with Crippen LogP contribution < -0.4 is 21.9 Å². The van der Waals surface area contributed by atoms with Gasteiger partial charge in [0, 0.05) is 31.4 Å². The Morgan fingerprint density at radius 3 is 3.05 bits per heavy atom. The lowest BCUT2D eigenvalue weighted by Gasteiger charge is -2.09. The molecule has 0 spiro atoms. The topological polar surface area (TPSA) is 109 Å². The first-order valence-corrected chi connectivity index (χ1v) is 6.60. The maximum absolute atomic E-state index is 11.5. The number of amides is 1. The van der Waals surface area contributed by atoms with E-state index in [1.54, 1.807) is 12.4 Å². The third kappa shape index (κ3) is 2.64. The van der Waals surface area contributed by atoms with Crippen molar-refractivity contribution in [1.29, 1.82) is 0 Å². The molecule has 1 fully saturated rings. The molecule has 3 rings (SSSR count). The monoisotopic (exact) mass is 275 g/mol. The largest absolute Gasteiger partial charge is 0.365 e. The SMILES string of the molecule is NNc1cn2ccnc2c(NCCNC(=O)C2CC2)n1. The zero-order valence-electron chi connectivity index (χ0n) is 11.0. The normalized spacial score (nSPS) is 14.2. The highest BCUT2D eigenvalue weighted by Gasteiger charge is 2.28. The van der Waals surface area contributed by atoms with Crippen LogP contribution in [-0.2, 0) is 4.79 Å². The van der Waals surface area contributed by atoms with Crippen molar-refractivity contribution in [2.75, 3.05) is 23.8 Å². The molecule has 106 valence electrons. The van der Waals surface area contributed by atoms with Crippen LogP contribution in [0, 0.1) is 5.92 Å². The van der Waals surface area contributed by atoms with Crippen molar-refractivity contribution in [1.82, 2.24) is 19.7 Å². The van der Waals surface area contributed by atoms with Gasteiger partial charge in [-0.15, -0.1) is 0 Å². The van der Waals surface area contributed by atoms with Crippen molar-refractivity contribution in [2.45, 2.75) is 12.8 Å². The first kappa shape index (κ1) is 12.7. The second-order valence-corrected chi connectivity index (χ2v) is 4.77. The Morgan fingerprint density at radius 1 is 1.45 bits per heavy atom. The van der Waals surface area contributed by atoms with Crippen LogP contribution in [0.1, 0.15) is 12.8 Å². The number of nitrogens with zero attached hydrogens (tertiary/aromatic N) is 3. The lowest BCUT2D eigenvalue weighted by molar-refractivity contribution is -0.122. The van der Waals surface area contributed by atoms with Gasteiger partial charge < -0.3 is 20.5 Å². The molecule has 0 aliphatic heterocycles. The first-order valence-electron chi connectivity index (χ1n) is 6.60. The summed E-state index contributed by atoms with van der Waals surface area (Å²) in [4.78, 5) is 20.0. The fourth-order valence-corrected chi connectivity index (χ4v) is 1.98. The molecule has 1 aliphatic rings. The summed E-state index contributed by atoms with van der Waals surface area (Å²) >= 11 is 0. The summed E-state index contributed by atoms with van der Waals surface area (Å²) in [5.74, 6) is 6.93. The van der Waals surface area contributed by atoms with Gasteiger partial charge in [-0.1, -0.05) is 0 Å². The summed E-state index contributed by atoms with van der Waals surface area (Å²) in [5.41, 5.74) is 3.23. The Hall–Kier alpha value is -2.35. The number of nitrogen functional groups attached to an aromatic ring is 1. The van der Waals surface area contributed by atoms with E-state index in [0.717, 1.165) is 18.5 Å². The molecule has 8 heteroatoms. The zero-order valence-corrected chi connectivity index (χ0v) is 11.0. The predicted octanol–water partition coefficient (Wildman–Crippen LogP) is -0.0470. The van der Waals surface area contributed by atoms with Gasteiger partial charge in [0.15, 0.2) is 17.3 Å². The highest BCUT2D eigenvalue weighted by Crippen LogP contribution is 2.28. The Kier molecular flexibility index (Phi) is 3.38. The summed E-state index contributed by atoms with van der Waals surface area (Å²) in [5, 5.41) is 6.05. The number of fused-ring (bicyclic) bond motifs is 1. The van der Waals surface area contributed by atoms with Crippen LogP contribution in [-0.4, -0.2) is 33.4 Å². The zero-order chi connectivity index (χ0) is 13.9. The number of nitrogens with one attached hydrogen (secondary N) is 3. The molecular weight excluding hydrogens is 258 g/mol. The number of hydrogen-bond donors (Lipinski definition) is 4. The van der Waals surface area contributed by atoms with Crippen LogP contribution in [0.2, 0.25) is 0 Å². The molecular formula is C12H17N7O. The van der Waals surface area contributed by atoms with E-state index in [1.165, 1.54) is 0 Å². The molecule has 0 saturated heterocycles. The molecule has 1 aliphatic carbocycles. The fourth-order valence-electron chi connectivity index (χ4n) is 1.98. The van der Waals surface area contributed by atoms with E-state index in [1.807, 2.05) is 10.6 Å². The van der Waals surface area contributed by atoms with Crippen LogP contribution in [0.25, 0.3) is 5.65 Å². The van der Waals surface area contributed by atoms with Crippen LogP contribution in [0.5, 0.6) is 0 Å². The number of nitrogens with two attached hydrogens (primary N) is 1. The number of anilines is 2. The molecule has 2 aromatic heterocycles. The fraction of sp³-hybridized carbons (Fsp3) is 0.417. The van der Waals surface area contributed by atoms with Crippen LogP contribution in [0.4, 0.5) is 11.6 Å². The van der Waals surface area contributed by atoms with Gasteiger partial charge in [0.05, 0.1) is 6.20 Å². The molecule has 1 amide bonds. The third-order valence-corrected chi connectivity index (χ3v) is 3.19. The van der Waals surface area contributed by atoms with Gasteiger partial charge in [0.2, 0.25) is 5.91 Å². The number of carbonyl (C=O) groups is 1. The van der Waals surface area contributed by atoms with Gasteiger partial charge in [0.25, 0.3) is 0 Å². The van der Waals surface area contributed by atoms with Gasteiger partial charge in [-0.2, -0.15) is 0 Å². The predicted molar refractivity (Wildman–Crippen MR) is 75.0 cm³/mol. The van der Waals surface area contributed by atoms with E-state index < -0.39 is 0 Å². The third-order valence-electron chi connectivity index (χ3n) is 3.19. The second-order valence-electron chi connectivity index (χ2n) is 4.77. The van der Waals surface area contributed by atoms with Crippen molar-refractivity contribution in [3.8, 4) is 0 Å². The van der Waals surface area contributed by atoms with E-state index in [9.17, 15) is 4.79 Å². The van der Waals surface area contributed by atoms with Crippen LogP contribution >= 0.6 is 0 Å². The smallest absolute Gasteiger partial charge is 0.223 e. The quantitative estimate of drug-likeness (QED) is 0.334. The van der Waals surface area contributed by atoms with Gasteiger partial charge in [-0.05, 0) is 12.8 Å². The minimum Gasteiger partial charge on any atom is -0.365 e. The Balaban J connectivity index is 1.61. The molecule has 2 aromatic rings. The van der Waals surface area contributed by atoms with Gasteiger partial charge >= 0.3 is 0 Å². The minimum absolute atomic E-state index is 0.142. The van der Waals surface area contributed by atoms with Crippen LogP contribution in [0.3, 0.4) is 0 Å². The molecule has 20 heavy (non-hydrogen) atoms. The number of rotatable bonds is 6. The standard InChI is InChI=1S/C12H17N7O/c13-18-9-7-19-6-5-15-11(19)10(17-9)14-3-4-16-12(20)8-1-2-8/h5-8,18H,1-4,13H2,(H,14,17)(H,16,20). The lowest BCUT2D eigenvalue weighted by atomic mass is 10.4. The van der Waals surface area contributed by atoms with Gasteiger partial charge in [-0.3, -0.25) is 4.79 Å². The number of aromatic nitrogens is 3. The summed E-state index contributed by atoms with van der Waals surface area (Å²) in [6.07, 6.45) is 7.29. The van der Waals surface area contributed by atoms with Crippen LogP contribution in [0.15, 0.2) is 18.6 Å². The lowest BCUT2D eigenvalue weighted by Crippen LogP contribution is -2.30. The maximum Gasteiger partial charge on any atom is 0.223 e. The van der Waals surface area contributed by atoms with E-state index >= 15 is 0 Å². The second kappa shape index (κ2) is 5.33. The summed E-state index contributed by atoms with van der Waals surface area (Å²) in [6, 6.07) is 0. The molecule has 5 N–H and O–H groups in total. The number of hydrogen-bond acceptors (Lipinski definition) is 6. The Morgan fingerprint density at radius 2 is 2.30 bits per heavy atom. The van der Waals surface area contributed by atoms with Crippen molar-refractivity contribution in [3.63, 3.8) is 0 Å². The highest BCUT2D eigenvalue weighted by molar-refractivity contribution is 5.80. The summed E-state index contributed by atoms with van der Waals surface area (Å²) < 4.78 is 1.83. The molecule has 0 bridgehead atoms. The van der Waals surface area contributed by atoms with E-state index in [2.05, 4.69) is 26.0 Å². The summed E-state index contributed by atoms with van der Waals surface area (Å²) in [7, 11) is 0. The highest BCUT2D eigenvalue weighted by atomic mass is 16.2. The molecule has 1 saturated carbocycles. The van der Waals surface area contributed by atoms with E-state index in [4.69, 9.17) is 5.84 Å². The Bertz CT molecular complexity index is 619. The van der Waals surface area contributed by atoms with Crippen molar-refractivity contribution < 1.29 is 4.79 Å².